The van der Waals surface area contributed by atoms with E-state index < -0.39 is 19.1 Å². The van der Waals surface area contributed by atoms with Crippen LogP contribution in [0.5, 0.6) is 5.75 Å². The van der Waals surface area contributed by atoms with E-state index in [4.69, 9.17) is 4.43 Å². The van der Waals surface area contributed by atoms with Gasteiger partial charge in [0.2, 0.25) is 8.32 Å². The molecule has 2 aromatic rings. The summed E-state index contributed by atoms with van der Waals surface area (Å²) in [5.41, 5.74) is 1.48. The molecule has 0 bridgehead atoms. The van der Waals surface area contributed by atoms with Crippen LogP contribution in [-0.2, 0) is 5.41 Å². The van der Waals surface area contributed by atoms with E-state index in [-0.39, 0.29) is 21.8 Å². The van der Waals surface area contributed by atoms with E-state index >= 15 is 0 Å². The number of hydrogen-bond donors (Lipinski definition) is 1. The van der Waals surface area contributed by atoms with E-state index in [9.17, 15) is 14.9 Å². The molecule has 0 saturated carbocycles. The summed E-state index contributed by atoms with van der Waals surface area (Å²) < 4.78 is 6.25. The molecule has 2 rings (SSSR count). The molecular formula is C23H32N2O4Si. The Morgan fingerprint density at radius 3 is 2.03 bits per heavy atom. The number of nitro groups is 1. The van der Waals surface area contributed by atoms with Gasteiger partial charge in [-0.15, -0.1) is 0 Å². The number of anilines is 1. The van der Waals surface area contributed by atoms with Gasteiger partial charge in [-0.2, -0.15) is 0 Å². The predicted molar refractivity (Wildman–Crippen MR) is 124 cm³/mol. The smallest absolute Gasteiger partial charge is 0.293 e. The molecule has 0 spiro atoms. The molecule has 0 radical (unpaired) electrons. The molecular weight excluding hydrogens is 396 g/mol. The van der Waals surface area contributed by atoms with Crippen molar-refractivity contribution in [2.24, 2.45) is 0 Å². The topological polar surface area (TPSA) is 81.5 Å². The molecule has 0 saturated heterocycles. The van der Waals surface area contributed by atoms with Gasteiger partial charge in [0.15, 0.2) is 0 Å². The Labute approximate surface area is 179 Å². The second-order valence-electron chi connectivity index (χ2n) is 10.1. The van der Waals surface area contributed by atoms with E-state index in [0.29, 0.717) is 11.3 Å². The van der Waals surface area contributed by atoms with Gasteiger partial charge in [-0.25, -0.2) is 0 Å². The average molecular weight is 429 g/mol. The quantitative estimate of drug-likeness (QED) is 0.333. The molecule has 0 aliphatic rings. The van der Waals surface area contributed by atoms with E-state index in [1.165, 1.54) is 6.07 Å². The minimum absolute atomic E-state index is 0.0208. The first-order chi connectivity index (χ1) is 13.6. The number of hydrogen-bond acceptors (Lipinski definition) is 4. The molecule has 0 aliphatic heterocycles. The Balaban J connectivity index is 2.33. The molecule has 0 unspecified atom stereocenters. The first-order valence-electron chi connectivity index (χ1n) is 10.0. The van der Waals surface area contributed by atoms with Crippen molar-refractivity contribution in [1.82, 2.24) is 0 Å². The van der Waals surface area contributed by atoms with E-state index in [1.807, 2.05) is 12.1 Å². The Morgan fingerprint density at radius 1 is 1.00 bits per heavy atom. The van der Waals surface area contributed by atoms with E-state index in [0.717, 1.165) is 5.56 Å². The third kappa shape index (κ3) is 5.47. The van der Waals surface area contributed by atoms with Crippen molar-refractivity contribution in [2.75, 3.05) is 5.32 Å². The fourth-order valence-corrected chi connectivity index (χ4v) is 3.62. The lowest BCUT2D eigenvalue weighted by atomic mass is 9.87. The van der Waals surface area contributed by atoms with Gasteiger partial charge < -0.3 is 9.74 Å². The van der Waals surface area contributed by atoms with Crippen molar-refractivity contribution in [3.05, 3.63) is 63.7 Å². The molecule has 0 aliphatic carbocycles. The Bertz CT molecular complexity index is 939. The average Bonchev–Trinajstić information content (AvgIpc) is 2.59. The largest absolute Gasteiger partial charge is 0.543 e. The molecule has 0 fully saturated rings. The number of benzene rings is 2. The van der Waals surface area contributed by atoms with Gasteiger partial charge >= 0.3 is 0 Å². The van der Waals surface area contributed by atoms with Crippen molar-refractivity contribution in [2.45, 2.75) is 65.1 Å². The summed E-state index contributed by atoms with van der Waals surface area (Å²) in [6.07, 6.45) is 0. The molecule has 6 nitrogen and oxygen atoms in total. The highest BCUT2D eigenvalue weighted by Crippen LogP contribution is 2.39. The molecule has 0 atom stereocenters. The van der Waals surface area contributed by atoms with Gasteiger partial charge in [-0.1, -0.05) is 53.7 Å². The normalized spacial score (nSPS) is 12.4. The van der Waals surface area contributed by atoms with Crippen LogP contribution in [0.1, 0.15) is 57.5 Å². The lowest BCUT2D eigenvalue weighted by molar-refractivity contribution is -0.383. The summed E-state index contributed by atoms with van der Waals surface area (Å²) in [5.74, 6) is 0.119. The molecule has 2 aromatic carbocycles. The number of nitrogens with one attached hydrogen (secondary N) is 1. The number of carbonyl (C=O) groups is 1. The van der Waals surface area contributed by atoms with Crippen molar-refractivity contribution >= 4 is 25.6 Å². The Hall–Kier alpha value is -2.67. The lowest BCUT2D eigenvalue weighted by Crippen LogP contribution is -2.43. The first-order valence-corrected chi connectivity index (χ1v) is 12.9. The van der Waals surface area contributed by atoms with Crippen LogP contribution < -0.4 is 9.74 Å². The van der Waals surface area contributed by atoms with Crippen LogP contribution in [-0.4, -0.2) is 19.1 Å². The number of carbonyl (C=O) groups excluding carboxylic acids is 1. The summed E-state index contributed by atoms with van der Waals surface area (Å²) in [6, 6.07) is 11.8. The van der Waals surface area contributed by atoms with Gasteiger partial charge in [0.05, 0.1) is 4.92 Å². The fourth-order valence-electron chi connectivity index (χ4n) is 2.60. The molecule has 0 aromatic heterocycles. The zero-order valence-corrected chi connectivity index (χ0v) is 20.1. The SMILES string of the molecule is CC(C)(C)c1ccc(C(=O)Nc2cc(O[Si](C)(C)C(C)(C)C)ccc2[N+](=O)[O-])cc1. The molecule has 162 valence electrons. The molecule has 1 amide bonds. The number of amides is 1. The van der Waals surface area contributed by atoms with Crippen molar-refractivity contribution in [3.63, 3.8) is 0 Å². The third-order valence-corrected chi connectivity index (χ3v) is 9.96. The van der Waals surface area contributed by atoms with Crippen LogP contribution in [0, 0.1) is 10.1 Å². The monoisotopic (exact) mass is 428 g/mol. The molecule has 7 heteroatoms. The summed E-state index contributed by atoms with van der Waals surface area (Å²) in [7, 11) is -2.12. The highest BCUT2D eigenvalue weighted by molar-refractivity contribution is 6.74. The summed E-state index contributed by atoms with van der Waals surface area (Å²) >= 11 is 0. The minimum Gasteiger partial charge on any atom is -0.543 e. The lowest BCUT2D eigenvalue weighted by Gasteiger charge is -2.36. The van der Waals surface area contributed by atoms with Crippen LogP contribution in [0.15, 0.2) is 42.5 Å². The number of rotatable bonds is 5. The second kappa shape index (κ2) is 8.22. The molecule has 1 N–H and O–H groups in total. The highest BCUT2D eigenvalue weighted by Gasteiger charge is 2.39. The predicted octanol–water partition coefficient (Wildman–Crippen LogP) is 6.53. The summed E-state index contributed by atoms with van der Waals surface area (Å²) in [5, 5.41) is 14.1. The Morgan fingerprint density at radius 2 is 1.57 bits per heavy atom. The Kier molecular flexibility index (Phi) is 6.47. The first kappa shape index (κ1) is 23.6. The van der Waals surface area contributed by atoms with Gasteiger partial charge in [-0.3, -0.25) is 14.9 Å². The fraction of sp³-hybridized carbons (Fsp3) is 0.435. The zero-order valence-electron chi connectivity index (χ0n) is 19.1. The highest BCUT2D eigenvalue weighted by atomic mass is 28.4. The van der Waals surface area contributed by atoms with Crippen LogP contribution in [0.4, 0.5) is 11.4 Å². The van der Waals surface area contributed by atoms with Crippen molar-refractivity contribution in [3.8, 4) is 5.75 Å². The van der Waals surface area contributed by atoms with Crippen LogP contribution in [0.3, 0.4) is 0 Å². The number of nitrogens with zero attached hydrogens (tertiary/aromatic N) is 1. The van der Waals surface area contributed by atoms with E-state index in [1.54, 1.807) is 24.3 Å². The zero-order chi connectivity index (χ0) is 22.9. The van der Waals surface area contributed by atoms with Crippen LogP contribution in [0.2, 0.25) is 18.1 Å². The van der Waals surface area contributed by atoms with Crippen LogP contribution in [0.25, 0.3) is 0 Å². The van der Waals surface area contributed by atoms with Gasteiger partial charge in [0, 0.05) is 17.7 Å². The number of nitro benzene ring substituents is 1. The minimum atomic E-state index is -2.12. The second-order valence-corrected chi connectivity index (χ2v) is 14.8. The van der Waals surface area contributed by atoms with Crippen molar-refractivity contribution < 1.29 is 14.1 Å². The van der Waals surface area contributed by atoms with Crippen LogP contribution >= 0.6 is 0 Å². The van der Waals surface area contributed by atoms with Gasteiger partial charge in [0.1, 0.15) is 11.4 Å². The maximum absolute atomic E-state index is 12.7. The van der Waals surface area contributed by atoms with Crippen molar-refractivity contribution in [1.29, 1.82) is 0 Å². The van der Waals surface area contributed by atoms with E-state index in [2.05, 4.69) is 60.0 Å². The summed E-state index contributed by atoms with van der Waals surface area (Å²) in [6.45, 7) is 16.8. The third-order valence-electron chi connectivity index (χ3n) is 5.61. The van der Waals surface area contributed by atoms with Gasteiger partial charge in [-0.05, 0) is 47.3 Å². The molecule has 0 heterocycles. The maximum Gasteiger partial charge on any atom is 0.293 e. The standard InChI is InChI=1S/C23H32N2O4Si/c1-22(2,3)17-11-9-16(10-12-17)21(26)24-19-15-18(13-14-20(19)25(27)28)29-30(7,8)23(4,5)6/h9-15H,1-8H3,(H,24,26). The van der Waals surface area contributed by atoms with Gasteiger partial charge in [0.25, 0.3) is 11.6 Å². The maximum atomic E-state index is 12.7. The molecule has 30 heavy (non-hydrogen) atoms. The summed E-state index contributed by atoms with van der Waals surface area (Å²) in [4.78, 5) is 23.7.